The Kier molecular flexibility index (Phi) is 5.67. The van der Waals surface area contributed by atoms with Gasteiger partial charge < -0.3 is 10.5 Å². The second-order valence-electron chi connectivity index (χ2n) is 3.64. The Morgan fingerprint density at radius 1 is 1.28 bits per heavy atom. The van der Waals surface area contributed by atoms with Crippen molar-refractivity contribution in [1.29, 1.82) is 0 Å². The molecule has 0 aliphatic heterocycles. The largest absolute Gasteiger partial charge is 0.383 e. The van der Waals surface area contributed by atoms with Crippen LogP contribution < -0.4 is 5.73 Å². The molecule has 0 atom stereocenters. The molecule has 0 spiro atoms. The molecule has 2 N–H and O–H groups in total. The van der Waals surface area contributed by atoms with E-state index in [9.17, 15) is 12.8 Å². The van der Waals surface area contributed by atoms with Gasteiger partial charge in [-0.15, -0.1) is 0 Å². The van der Waals surface area contributed by atoms with Crippen molar-refractivity contribution >= 4 is 10.0 Å². The summed E-state index contributed by atoms with van der Waals surface area (Å²) in [6, 6.07) is 4.70. The van der Waals surface area contributed by atoms with Crippen LogP contribution in [-0.2, 0) is 14.8 Å². The summed E-state index contributed by atoms with van der Waals surface area (Å²) >= 11 is 0. The van der Waals surface area contributed by atoms with Gasteiger partial charge in [0.05, 0.1) is 11.5 Å². The zero-order valence-electron chi connectivity index (χ0n) is 10.2. The first-order valence-electron chi connectivity index (χ1n) is 5.47. The Morgan fingerprint density at radius 3 is 2.39 bits per heavy atom. The number of hydrogen-bond donors (Lipinski definition) is 1. The molecule has 7 heteroatoms. The predicted octanol–water partition coefficient (Wildman–Crippen LogP) is 0.422. The summed E-state index contributed by atoms with van der Waals surface area (Å²) in [6.45, 7) is 0.904. The topological polar surface area (TPSA) is 72.6 Å². The van der Waals surface area contributed by atoms with Crippen LogP contribution in [-0.4, -0.2) is 46.1 Å². The molecule has 0 saturated heterocycles. The van der Waals surface area contributed by atoms with Crippen LogP contribution >= 0.6 is 0 Å². The SMILES string of the molecule is COCCN(CCN)S(=O)(=O)c1ccc(F)cc1. The summed E-state index contributed by atoms with van der Waals surface area (Å²) in [5.41, 5.74) is 5.39. The predicted molar refractivity (Wildman–Crippen MR) is 66.1 cm³/mol. The quantitative estimate of drug-likeness (QED) is 0.783. The smallest absolute Gasteiger partial charge is 0.243 e. The fourth-order valence-corrected chi connectivity index (χ4v) is 2.88. The van der Waals surface area contributed by atoms with E-state index in [2.05, 4.69) is 0 Å². The van der Waals surface area contributed by atoms with E-state index in [1.165, 1.54) is 23.5 Å². The molecule has 0 radical (unpaired) electrons. The fraction of sp³-hybridized carbons (Fsp3) is 0.455. The highest BCUT2D eigenvalue weighted by Crippen LogP contribution is 2.15. The van der Waals surface area contributed by atoms with Crippen molar-refractivity contribution < 1.29 is 17.5 Å². The van der Waals surface area contributed by atoms with Gasteiger partial charge in [0.15, 0.2) is 0 Å². The maximum absolute atomic E-state index is 12.8. The van der Waals surface area contributed by atoms with Crippen LogP contribution in [0.3, 0.4) is 0 Å². The van der Waals surface area contributed by atoms with Crippen LogP contribution in [0.5, 0.6) is 0 Å². The lowest BCUT2D eigenvalue weighted by molar-refractivity contribution is 0.179. The Balaban J connectivity index is 2.96. The first kappa shape index (κ1) is 15.0. The molecule has 0 unspecified atom stereocenters. The fourth-order valence-electron chi connectivity index (χ4n) is 1.44. The van der Waals surface area contributed by atoms with Crippen molar-refractivity contribution in [3.05, 3.63) is 30.1 Å². The summed E-state index contributed by atoms with van der Waals surface area (Å²) in [5.74, 6) is -0.476. The minimum absolute atomic E-state index is 0.0495. The third-order valence-corrected chi connectivity index (χ3v) is 4.29. The summed E-state index contributed by atoms with van der Waals surface area (Å²) < 4.78 is 43.3. The lowest BCUT2D eigenvalue weighted by atomic mass is 10.4. The van der Waals surface area contributed by atoms with Crippen LogP contribution in [0.4, 0.5) is 4.39 Å². The molecule has 18 heavy (non-hydrogen) atoms. The highest BCUT2D eigenvalue weighted by molar-refractivity contribution is 7.89. The zero-order valence-corrected chi connectivity index (χ0v) is 11.0. The zero-order chi connectivity index (χ0) is 13.6. The summed E-state index contributed by atoms with van der Waals surface area (Å²) in [7, 11) is -2.15. The van der Waals surface area contributed by atoms with Gasteiger partial charge in [-0.3, -0.25) is 0 Å². The minimum atomic E-state index is -3.65. The minimum Gasteiger partial charge on any atom is -0.383 e. The van der Waals surface area contributed by atoms with Crippen LogP contribution in [0.15, 0.2) is 29.2 Å². The molecule has 0 fully saturated rings. The molecule has 1 aromatic carbocycles. The third-order valence-electron chi connectivity index (χ3n) is 2.37. The molecule has 0 heterocycles. The maximum Gasteiger partial charge on any atom is 0.243 e. The number of hydrogen-bond acceptors (Lipinski definition) is 4. The molecule has 1 rings (SSSR count). The molecule has 102 valence electrons. The summed E-state index contributed by atoms with van der Waals surface area (Å²) in [5, 5.41) is 0. The van der Waals surface area contributed by atoms with E-state index in [1.54, 1.807) is 0 Å². The molecule has 5 nitrogen and oxygen atoms in total. The lowest BCUT2D eigenvalue weighted by Gasteiger charge is -2.21. The van der Waals surface area contributed by atoms with E-state index >= 15 is 0 Å². The highest BCUT2D eigenvalue weighted by atomic mass is 32.2. The molecular weight excluding hydrogens is 259 g/mol. The van der Waals surface area contributed by atoms with Gasteiger partial charge in [-0.25, -0.2) is 12.8 Å². The number of ether oxygens (including phenoxy) is 1. The first-order chi connectivity index (χ1) is 8.52. The molecule has 1 aromatic rings. The van der Waals surface area contributed by atoms with Crippen molar-refractivity contribution in [2.24, 2.45) is 5.73 Å². The van der Waals surface area contributed by atoms with E-state index in [0.29, 0.717) is 0 Å². The number of methoxy groups -OCH3 is 1. The standard InChI is InChI=1S/C11H17FN2O3S/c1-17-9-8-14(7-6-13)18(15,16)11-4-2-10(12)3-5-11/h2-5H,6-9,13H2,1H3. The molecule has 0 bridgehead atoms. The van der Waals surface area contributed by atoms with Gasteiger partial charge in [-0.05, 0) is 24.3 Å². The number of nitrogens with two attached hydrogens (primary N) is 1. The summed E-state index contributed by atoms with van der Waals surface area (Å²) in [6.07, 6.45) is 0. The van der Waals surface area contributed by atoms with E-state index < -0.39 is 15.8 Å². The molecule has 0 aromatic heterocycles. The highest BCUT2D eigenvalue weighted by Gasteiger charge is 2.23. The Morgan fingerprint density at radius 2 is 1.89 bits per heavy atom. The van der Waals surface area contributed by atoms with Crippen LogP contribution in [0.2, 0.25) is 0 Å². The van der Waals surface area contributed by atoms with Gasteiger partial charge >= 0.3 is 0 Å². The molecule has 0 saturated carbocycles. The van der Waals surface area contributed by atoms with E-state index in [4.69, 9.17) is 10.5 Å². The molecule has 0 aliphatic carbocycles. The summed E-state index contributed by atoms with van der Waals surface area (Å²) in [4.78, 5) is 0.0495. The molecule has 0 aliphatic rings. The average molecular weight is 276 g/mol. The van der Waals surface area contributed by atoms with E-state index in [-0.39, 0.29) is 31.1 Å². The molecule has 0 amide bonds. The van der Waals surface area contributed by atoms with Crippen molar-refractivity contribution in [3.8, 4) is 0 Å². The van der Waals surface area contributed by atoms with Gasteiger partial charge in [0, 0.05) is 26.7 Å². The number of nitrogens with zero attached hydrogens (tertiary/aromatic N) is 1. The van der Waals surface area contributed by atoms with E-state index in [1.807, 2.05) is 0 Å². The van der Waals surface area contributed by atoms with Crippen LogP contribution in [0.25, 0.3) is 0 Å². The maximum atomic E-state index is 12.8. The monoisotopic (exact) mass is 276 g/mol. The third kappa shape index (κ3) is 3.74. The van der Waals surface area contributed by atoms with E-state index in [0.717, 1.165) is 12.1 Å². The average Bonchev–Trinajstić information content (AvgIpc) is 2.35. The van der Waals surface area contributed by atoms with Gasteiger partial charge in [0.2, 0.25) is 10.0 Å². The van der Waals surface area contributed by atoms with Crippen molar-refractivity contribution in [3.63, 3.8) is 0 Å². The Bertz CT molecular complexity index is 462. The van der Waals surface area contributed by atoms with Crippen LogP contribution in [0.1, 0.15) is 0 Å². The van der Waals surface area contributed by atoms with Gasteiger partial charge in [-0.2, -0.15) is 4.31 Å². The Labute approximate surface area is 106 Å². The normalized spacial score (nSPS) is 12.0. The van der Waals surface area contributed by atoms with Crippen LogP contribution in [0, 0.1) is 5.82 Å². The van der Waals surface area contributed by atoms with Crippen molar-refractivity contribution in [2.45, 2.75) is 4.90 Å². The first-order valence-corrected chi connectivity index (χ1v) is 6.91. The molecular formula is C11H17FN2O3S. The number of sulfonamides is 1. The van der Waals surface area contributed by atoms with Crippen molar-refractivity contribution in [2.75, 3.05) is 33.4 Å². The number of halogens is 1. The number of rotatable bonds is 7. The lowest BCUT2D eigenvalue weighted by Crippen LogP contribution is -2.37. The second-order valence-corrected chi connectivity index (χ2v) is 5.58. The second kappa shape index (κ2) is 6.79. The van der Waals surface area contributed by atoms with Crippen molar-refractivity contribution in [1.82, 2.24) is 4.31 Å². The van der Waals surface area contributed by atoms with Gasteiger partial charge in [0.1, 0.15) is 5.82 Å². The Hall–Kier alpha value is -1.02. The van der Waals surface area contributed by atoms with Gasteiger partial charge in [0.25, 0.3) is 0 Å². The number of benzene rings is 1. The van der Waals surface area contributed by atoms with Gasteiger partial charge in [-0.1, -0.05) is 0 Å².